The molecule has 0 radical (unpaired) electrons. The fourth-order valence-corrected chi connectivity index (χ4v) is 1.81. The number of ether oxygens (including phenoxy) is 2. The second kappa shape index (κ2) is 6.62. The van der Waals surface area contributed by atoms with Crippen LogP contribution in [0.5, 0.6) is 5.75 Å². The summed E-state index contributed by atoms with van der Waals surface area (Å²) < 4.78 is 10.3. The number of benzene rings is 1. The van der Waals surface area contributed by atoms with Crippen LogP contribution in [0.3, 0.4) is 0 Å². The Kier molecular flexibility index (Phi) is 5.45. The number of methoxy groups -OCH3 is 2. The number of Topliss-reactive ketones (excluding diaryl/α,β-unsaturated/α-hetero) is 1. The lowest BCUT2D eigenvalue weighted by Gasteiger charge is -2.14. The highest BCUT2D eigenvalue weighted by atomic mass is 35.5. The van der Waals surface area contributed by atoms with Crippen LogP contribution >= 0.6 is 11.6 Å². The maximum absolute atomic E-state index is 12.1. The summed E-state index contributed by atoms with van der Waals surface area (Å²) in [5.74, 6) is 0.466. The Morgan fingerprint density at radius 1 is 1.41 bits per heavy atom. The zero-order valence-electron chi connectivity index (χ0n) is 10.3. The Morgan fingerprint density at radius 3 is 2.65 bits per heavy atom. The van der Waals surface area contributed by atoms with Gasteiger partial charge < -0.3 is 9.47 Å². The summed E-state index contributed by atoms with van der Waals surface area (Å²) in [7, 11) is 3.07. The zero-order valence-corrected chi connectivity index (χ0v) is 11.1. The molecule has 0 N–H and O–H groups in total. The van der Waals surface area contributed by atoms with Gasteiger partial charge in [0.05, 0.1) is 12.1 Å². The maximum Gasteiger partial charge on any atom is 0.191 e. The Balaban J connectivity index is 2.95. The molecule has 0 fully saturated rings. The number of carbonyl (C=O) groups excluding carboxylic acids is 1. The molecule has 0 aromatic heterocycles. The largest absolute Gasteiger partial charge is 0.495 e. The normalized spacial score (nSPS) is 12.2. The smallest absolute Gasteiger partial charge is 0.191 e. The molecule has 0 aliphatic rings. The second-order valence-electron chi connectivity index (χ2n) is 3.73. The van der Waals surface area contributed by atoms with Gasteiger partial charge in [-0.2, -0.15) is 0 Å². The van der Waals surface area contributed by atoms with E-state index in [0.717, 1.165) is 6.42 Å². The number of hydrogen-bond donors (Lipinski definition) is 0. The summed E-state index contributed by atoms with van der Waals surface area (Å²) in [5.41, 5.74) is 0.562. The summed E-state index contributed by atoms with van der Waals surface area (Å²) in [6.07, 6.45) is 1.21. The quantitative estimate of drug-likeness (QED) is 0.733. The molecule has 1 aromatic rings. The van der Waals surface area contributed by atoms with Crippen LogP contribution in [0.2, 0.25) is 5.02 Å². The summed E-state index contributed by atoms with van der Waals surface area (Å²) >= 11 is 5.91. The van der Waals surface area contributed by atoms with Gasteiger partial charge in [-0.05, 0) is 24.6 Å². The number of carbonyl (C=O) groups is 1. The van der Waals surface area contributed by atoms with Crippen LogP contribution in [0, 0.1) is 0 Å². The third-order valence-electron chi connectivity index (χ3n) is 2.56. The minimum absolute atomic E-state index is 0.0377. The third-order valence-corrected chi connectivity index (χ3v) is 2.88. The molecule has 4 heteroatoms. The Bertz CT molecular complexity index is 390. The first kappa shape index (κ1) is 14.0. The van der Waals surface area contributed by atoms with Crippen molar-refractivity contribution in [2.75, 3.05) is 14.2 Å². The van der Waals surface area contributed by atoms with Gasteiger partial charge in [0.1, 0.15) is 11.9 Å². The number of rotatable bonds is 6. The fraction of sp³-hybridized carbons (Fsp3) is 0.462. The lowest BCUT2D eigenvalue weighted by atomic mass is 10.0. The van der Waals surface area contributed by atoms with Gasteiger partial charge in [0.15, 0.2) is 5.78 Å². The van der Waals surface area contributed by atoms with Crippen LogP contribution in [-0.2, 0) is 4.74 Å². The highest BCUT2D eigenvalue weighted by molar-refractivity contribution is 6.32. The first-order valence-corrected chi connectivity index (χ1v) is 5.92. The molecule has 1 unspecified atom stereocenters. The van der Waals surface area contributed by atoms with Crippen molar-refractivity contribution >= 4 is 17.4 Å². The molecule has 0 amide bonds. The molecule has 0 aliphatic heterocycles. The summed E-state index contributed by atoms with van der Waals surface area (Å²) in [5, 5.41) is 0.494. The van der Waals surface area contributed by atoms with E-state index < -0.39 is 6.10 Å². The van der Waals surface area contributed by atoms with E-state index in [2.05, 4.69) is 0 Å². The van der Waals surface area contributed by atoms with Crippen LogP contribution in [0.25, 0.3) is 0 Å². The first-order chi connectivity index (χ1) is 8.13. The monoisotopic (exact) mass is 256 g/mol. The molecule has 1 atom stereocenters. The summed E-state index contributed by atoms with van der Waals surface area (Å²) in [4.78, 5) is 12.1. The van der Waals surface area contributed by atoms with E-state index in [0.29, 0.717) is 22.8 Å². The van der Waals surface area contributed by atoms with Crippen LogP contribution in [0.1, 0.15) is 30.1 Å². The van der Waals surface area contributed by atoms with Crippen LogP contribution < -0.4 is 4.74 Å². The van der Waals surface area contributed by atoms with Crippen molar-refractivity contribution in [3.8, 4) is 5.75 Å². The van der Waals surface area contributed by atoms with Crippen molar-refractivity contribution in [2.24, 2.45) is 0 Å². The molecule has 1 aromatic carbocycles. The predicted octanol–water partition coefficient (Wildman–Crippen LogP) is 3.35. The van der Waals surface area contributed by atoms with E-state index in [4.69, 9.17) is 21.1 Å². The lowest BCUT2D eigenvalue weighted by molar-refractivity contribution is 0.0578. The van der Waals surface area contributed by atoms with Gasteiger partial charge >= 0.3 is 0 Å². The average molecular weight is 257 g/mol. The fourth-order valence-electron chi connectivity index (χ4n) is 1.62. The van der Waals surface area contributed by atoms with E-state index >= 15 is 0 Å². The Labute approximate surface area is 107 Å². The van der Waals surface area contributed by atoms with Gasteiger partial charge in [0, 0.05) is 12.7 Å². The molecule has 17 heavy (non-hydrogen) atoms. The average Bonchev–Trinajstić information content (AvgIpc) is 2.35. The predicted molar refractivity (Wildman–Crippen MR) is 68.0 cm³/mol. The van der Waals surface area contributed by atoms with E-state index in [1.807, 2.05) is 6.92 Å². The van der Waals surface area contributed by atoms with Gasteiger partial charge in [-0.3, -0.25) is 4.79 Å². The second-order valence-corrected chi connectivity index (χ2v) is 4.13. The SMILES string of the molecule is CCCC(OC)C(=O)c1ccc(Cl)c(OC)c1. The minimum Gasteiger partial charge on any atom is -0.495 e. The molecule has 0 saturated carbocycles. The number of ketones is 1. The van der Waals surface area contributed by atoms with Crippen molar-refractivity contribution in [3.05, 3.63) is 28.8 Å². The van der Waals surface area contributed by atoms with Crippen molar-refractivity contribution in [2.45, 2.75) is 25.9 Å². The Morgan fingerprint density at radius 2 is 2.12 bits per heavy atom. The van der Waals surface area contributed by atoms with Crippen LogP contribution in [0.4, 0.5) is 0 Å². The lowest BCUT2D eigenvalue weighted by Crippen LogP contribution is -2.22. The molecule has 0 heterocycles. The molecular formula is C13H17ClO3. The molecule has 1 rings (SSSR count). The van der Waals surface area contributed by atoms with Crippen molar-refractivity contribution in [1.29, 1.82) is 0 Å². The molecule has 0 bridgehead atoms. The van der Waals surface area contributed by atoms with Crippen LogP contribution in [0.15, 0.2) is 18.2 Å². The van der Waals surface area contributed by atoms with Gasteiger partial charge in [-0.25, -0.2) is 0 Å². The molecule has 0 saturated heterocycles. The van der Waals surface area contributed by atoms with E-state index in [-0.39, 0.29) is 5.78 Å². The number of hydrogen-bond acceptors (Lipinski definition) is 3. The highest BCUT2D eigenvalue weighted by Gasteiger charge is 2.19. The van der Waals surface area contributed by atoms with E-state index in [1.165, 1.54) is 7.11 Å². The van der Waals surface area contributed by atoms with E-state index in [1.54, 1.807) is 25.3 Å². The Hall–Kier alpha value is -1.06. The third kappa shape index (κ3) is 3.45. The first-order valence-electron chi connectivity index (χ1n) is 5.54. The van der Waals surface area contributed by atoms with Gasteiger partial charge in [-0.1, -0.05) is 24.9 Å². The number of halogens is 1. The van der Waals surface area contributed by atoms with Gasteiger partial charge in [0.2, 0.25) is 0 Å². The highest BCUT2D eigenvalue weighted by Crippen LogP contribution is 2.26. The van der Waals surface area contributed by atoms with Gasteiger partial charge in [-0.15, -0.1) is 0 Å². The molecule has 3 nitrogen and oxygen atoms in total. The zero-order chi connectivity index (χ0) is 12.8. The summed E-state index contributed by atoms with van der Waals surface area (Å²) in [6.45, 7) is 2.02. The molecule has 94 valence electrons. The van der Waals surface area contributed by atoms with Crippen molar-refractivity contribution < 1.29 is 14.3 Å². The standard InChI is InChI=1S/C13H17ClO3/c1-4-5-11(16-2)13(15)9-6-7-10(14)12(8-9)17-3/h6-8,11H,4-5H2,1-3H3. The molecular weight excluding hydrogens is 240 g/mol. The van der Waals surface area contributed by atoms with Crippen molar-refractivity contribution in [3.63, 3.8) is 0 Å². The molecule has 0 aliphatic carbocycles. The maximum atomic E-state index is 12.1. The minimum atomic E-state index is -0.397. The topological polar surface area (TPSA) is 35.5 Å². The van der Waals surface area contributed by atoms with Crippen LogP contribution in [-0.4, -0.2) is 26.1 Å². The molecule has 0 spiro atoms. The van der Waals surface area contributed by atoms with Crippen molar-refractivity contribution in [1.82, 2.24) is 0 Å². The van der Waals surface area contributed by atoms with E-state index in [9.17, 15) is 4.79 Å². The summed E-state index contributed by atoms with van der Waals surface area (Å²) in [6, 6.07) is 4.99. The van der Waals surface area contributed by atoms with Gasteiger partial charge in [0.25, 0.3) is 0 Å².